The van der Waals surface area contributed by atoms with Gasteiger partial charge >= 0.3 is 0 Å². The normalized spacial score (nSPS) is 10.6. The number of nitrogens with zero attached hydrogens (tertiary/aromatic N) is 1. The number of hydrogen-bond donors (Lipinski definition) is 1. The number of rotatable bonds is 9. The molecule has 0 unspecified atom stereocenters. The minimum Gasteiger partial charge on any atom is -0.508 e. The number of aromatic hydroxyl groups is 1. The highest BCUT2D eigenvalue weighted by Crippen LogP contribution is 2.22. The number of carbonyl (C=O) groups is 1. The van der Waals surface area contributed by atoms with Crippen LogP contribution in [0.5, 0.6) is 5.75 Å². The molecular formula is C20H25NO3S. The van der Waals surface area contributed by atoms with E-state index in [2.05, 4.69) is 0 Å². The van der Waals surface area contributed by atoms with Gasteiger partial charge in [-0.2, -0.15) is 0 Å². The van der Waals surface area contributed by atoms with Crippen LogP contribution in [0.25, 0.3) is 0 Å². The van der Waals surface area contributed by atoms with E-state index in [0.29, 0.717) is 19.6 Å². The van der Waals surface area contributed by atoms with Gasteiger partial charge in [0, 0.05) is 32.0 Å². The van der Waals surface area contributed by atoms with Crippen LogP contribution in [0, 0.1) is 0 Å². The summed E-state index contributed by atoms with van der Waals surface area (Å²) in [6.45, 7) is 1.16. The van der Waals surface area contributed by atoms with Crippen LogP contribution in [0.1, 0.15) is 24.0 Å². The van der Waals surface area contributed by atoms with E-state index in [1.807, 2.05) is 43.4 Å². The molecule has 0 fully saturated rings. The number of benzene rings is 2. The summed E-state index contributed by atoms with van der Waals surface area (Å²) in [5.41, 5.74) is 2.24. The van der Waals surface area contributed by atoms with E-state index in [1.54, 1.807) is 35.9 Å². The zero-order valence-corrected chi connectivity index (χ0v) is 15.6. The molecule has 5 heteroatoms. The van der Waals surface area contributed by atoms with E-state index >= 15 is 0 Å². The standard InChI is InChI=1S/C20H25NO3S/c1-21(14-16-6-3-4-7-17(16)15-24-2)20(23)8-5-13-25-19-11-9-18(22)10-12-19/h3-4,6-7,9-12,22H,5,8,13-15H2,1-2H3. The van der Waals surface area contributed by atoms with Crippen molar-refractivity contribution in [1.29, 1.82) is 0 Å². The zero-order chi connectivity index (χ0) is 18.1. The number of methoxy groups -OCH3 is 1. The van der Waals surface area contributed by atoms with Crippen molar-refractivity contribution in [3.05, 3.63) is 59.7 Å². The minimum absolute atomic E-state index is 0.151. The van der Waals surface area contributed by atoms with Crippen molar-refractivity contribution in [3.8, 4) is 5.75 Å². The van der Waals surface area contributed by atoms with Crippen LogP contribution in [-0.4, -0.2) is 35.8 Å². The number of phenols is 1. The molecule has 1 amide bonds. The second-order valence-electron chi connectivity index (χ2n) is 5.90. The highest BCUT2D eigenvalue weighted by Gasteiger charge is 2.11. The van der Waals surface area contributed by atoms with Gasteiger partial charge in [0.1, 0.15) is 5.75 Å². The number of phenolic OH excluding ortho intramolecular Hbond substituents is 1. The van der Waals surface area contributed by atoms with Gasteiger partial charge in [-0.15, -0.1) is 11.8 Å². The van der Waals surface area contributed by atoms with Gasteiger partial charge in [0.2, 0.25) is 5.91 Å². The molecule has 1 N–H and O–H groups in total. The van der Waals surface area contributed by atoms with Crippen molar-refractivity contribution in [1.82, 2.24) is 4.90 Å². The van der Waals surface area contributed by atoms with E-state index in [9.17, 15) is 9.90 Å². The fraction of sp³-hybridized carbons (Fsp3) is 0.350. The molecule has 0 bridgehead atoms. The largest absolute Gasteiger partial charge is 0.508 e. The zero-order valence-electron chi connectivity index (χ0n) is 14.8. The predicted octanol–water partition coefficient (Wildman–Crippen LogP) is 4.07. The second-order valence-corrected chi connectivity index (χ2v) is 7.07. The van der Waals surface area contributed by atoms with Crippen molar-refractivity contribution < 1.29 is 14.6 Å². The van der Waals surface area contributed by atoms with Crippen LogP contribution >= 0.6 is 11.8 Å². The lowest BCUT2D eigenvalue weighted by atomic mass is 10.1. The van der Waals surface area contributed by atoms with E-state index < -0.39 is 0 Å². The Bertz CT molecular complexity index is 673. The summed E-state index contributed by atoms with van der Waals surface area (Å²) in [7, 11) is 3.52. The molecule has 0 aliphatic heterocycles. The van der Waals surface area contributed by atoms with E-state index in [0.717, 1.165) is 28.2 Å². The molecule has 134 valence electrons. The summed E-state index contributed by atoms with van der Waals surface area (Å²) >= 11 is 1.70. The summed E-state index contributed by atoms with van der Waals surface area (Å²) in [5.74, 6) is 1.30. The first-order valence-electron chi connectivity index (χ1n) is 8.31. The van der Waals surface area contributed by atoms with E-state index in [1.165, 1.54) is 0 Å². The lowest BCUT2D eigenvalue weighted by Gasteiger charge is -2.19. The number of amides is 1. The predicted molar refractivity (Wildman–Crippen MR) is 102 cm³/mol. The average Bonchev–Trinajstić information content (AvgIpc) is 2.62. The first-order chi connectivity index (χ1) is 12.1. The Kier molecular flexibility index (Phi) is 7.82. The third kappa shape index (κ3) is 6.44. The monoisotopic (exact) mass is 359 g/mol. The van der Waals surface area contributed by atoms with Crippen molar-refractivity contribution in [2.75, 3.05) is 19.9 Å². The fourth-order valence-corrected chi connectivity index (χ4v) is 3.35. The lowest BCUT2D eigenvalue weighted by Crippen LogP contribution is -2.26. The third-order valence-electron chi connectivity index (χ3n) is 3.89. The van der Waals surface area contributed by atoms with Crippen LogP contribution in [0.4, 0.5) is 0 Å². The maximum Gasteiger partial charge on any atom is 0.222 e. The smallest absolute Gasteiger partial charge is 0.222 e. The van der Waals surface area contributed by atoms with Gasteiger partial charge < -0.3 is 14.7 Å². The molecule has 0 aliphatic rings. The average molecular weight is 359 g/mol. The van der Waals surface area contributed by atoms with Crippen molar-refractivity contribution >= 4 is 17.7 Å². The molecule has 0 atom stereocenters. The molecule has 0 aliphatic carbocycles. The summed E-state index contributed by atoms with van der Waals surface area (Å²) in [5, 5.41) is 9.27. The Morgan fingerprint density at radius 1 is 1.12 bits per heavy atom. The summed E-state index contributed by atoms with van der Waals surface area (Å²) < 4.78 is 5.22. The SMILES string of the molecule is COCc1ccccc1CN(C)C(=O)CCCSc1ccc(O)cc1. The molecular weight excluding hydrogens is 334 g/mol. The Morgan fingerprint density at radius 3 is 2.48 bits per heavy atom. The Labute approximate surface area is 153 Å². The molecule has 2 aromatic carbocycles. The molecule has 25 heavy (non-hydrogen) atoms. The van der Waals surface area contributed by atoms with Crippen LogP contribution in [0.3, 0.4) is 0 Å². The fourth-order valence-electron chi connectivity index (χ4n) is 2.50. The molecule has 0 radical (unpaired) electrons. The molecule has 2 aromatic rings. The molecule has 2 rings (SSSR count). The van der Waals surface area contributed by atoms with Crippen LogP contribution in [0.15, 0.2) is 53.4 Å². The van der Waals surface area contributed by atoms with Gasteiger partial charge in [0.25, 0.3) is 0 Å². The maximum atomic E-state index is 12.3. The Balaban J connectivity index is 1.75. The van der Waals surface area contributed by atoms with Crippen molar-refractivity contribution in [3.63, 3.8) is 0 Å². The highest BCUT2D eigenvalue weighted by molar-refractivity contribution is 7.99. The minimum atomic E-state index is 0.151. The summed E-state index contributed by atoms with van der Waals surface area (Å²) in [6, 6.07) is 15.2. The topological polar surface area (TPSA) is 49.8 Å². The first kappa shape index (κ1) is 19.3. The second kappa shape index (κ2) is 10.1. The van der Waals surface area contributed by atoms with Crippen molar-refractivity contribution in [2.24, 2.45) is 0 Å². The van der Waals surface area contributed by atoms with Gasteiger partial charge in [0.05, 0.1) is 6.61 Å². The summed E-state index contributed by atoms with van der Waals surface area (Å²) in [4.78, 5) is 15.2. The molecule has 0 saturated heterocycles. The number of hydrogen-bond acceptors (Lipinski definition) is 4. The van der Waals surface area contributed by atoms with Gasteiger partial charge in [-0.1, -0.05) is 24.3 Å². The molecule has 0 spiro atoms. The summed E-state index contributed by atoms with van der Waals surface area (Å²) in [6.07, 6.45) is 1.36. The van der Waals surface area contributed by atoms with Gasteiger partial charge in [-0.05, 0) is 47.6 Å². The van der Waals surface area contributed by atoms with Crippen LogP contribution in [-0.2, 0) is 22.7 Å². The third-order valence-corrected chi connectivity index (χ3v) is 4.99. The molecule has 0 heterocycles. The first-order valence-corrected chi connectivity index (χ1v) is 9.30. The van der Waals surface area contributed by atoms with E-state index in [-0.39, 0.29) is 11.7 Å². The number of thioether (sulfide) groups is 1. The van der Waals surface area contributed by atoms with Gasteiger partial charge in [-0.3, -0.25) is 4.79 Å². The quantitative estimate of drug-likeness (QED) is 0.542. The van der Waals surface area contributed by atoms with Crippen molar-refractivity contribution in [2.45, 2.75) is 30.9 Å². The van der Waals surface area contributed by atoms with Gasteiger partial charge in [-0.25, -0.2) is 0 Å². The molecule has 4 nitrogen and oxygen atoms in total. The van der Waals surface area contributed by atoms with Gasteiger partial charge in [0.15, 0.2) is 0 Å². The molecule has 0 aromatic heterocycles. The van der Waals surface area contributed by atoms with Crippen LogP contribution < -0.4 is 0 Å². The lowest BCUT2D eigenvalue weighted by molar-refractivity contribution is -0.130. The maximum absolute atomic E-state index is 12.3. The van der Waals surface area contributed by atoms with E-state index in [4.69, 9.17) is 4.74 Å². The number of ether oxygens (including phenoxy) is 1. The Morgan fingerprint density at radius 2 is 1.80 bits per heavy atom. The number of carbonyl (C=O) groups excluding carboxylic acids is 1. The molecule has 0 saturated carbocycles. The Hall–Kier alpha value is -1.98. The highest BCUT2D eigenvalue weighted by atomic mass is 32.2. The van der Waals surface area contributed by atoms with Crippen LogP contribution in [0.2, 0.25) is 0 Å².